The zero-order valence-electron chi connectivity index (χ0n) is 14.9. The molecule has 0 aliphatic heterocycles. The van der Waals surface area contributed by atoms with Crippen LogP contribution in [0.25, 0.3) is 5.69 Å². The summed E-state index contributed by atoms with van der Waals surface area (Å²) in [6.07, 6.45) is 0. The third kappa shape index (κ3) is 4.09. The fourth-order valence-electron chi connectivity index (χ4n) is 2.77. The number of halogens is 2. The van der Waals surface area contributed by atoms with Crippen LogP contribution in [0.2, 0.25) is 10.0 Å². The van der Waals surface area contributed by atoms with Gasteiger partial charge >= 0.3 is 0 Å². The van der Waals surface area contributed by atoms with Crippen LogP contribution in [0.3, 0.4) is 0 Å². The van der Waals surface area contributed by atoms with Crippen LogP contribution < -0.4 is 10.9 Å². The van der Waals surface area contributed by atoms with E-state index in [-0.39, 0.29) is 12.1 Å². The van der Waals surface area contributed by atoms with E-state index in [1.165, 1.54) is 10.6 Å². The van der Waals surface area contributed by atoms with E-state index in [2.05, 4.69) is 5.32 Å². The minimum absolute atomic E-state index is 0.00743. The van der Waals surface area contributed by atoms with E-state index in [0.717, 1.165) is 5.56 Å². The van der Waals surface area contributed by atoms with Gasteiger partial charge in [-0.2, -0.15) is 5.26 Å². The molecule has 7 heteroatoms. The van der Waals surface area contributed by atoms with E-state index in [4.69, 9.17) is 28.5 Å². The highest BCUT2D eigenvalue weighted by molar-refractivity contribution is 6.42. The maximum atomic E-state index is 12.9. The maximum Gasteiger partial charge on any atom is 0.268 e. The van der Waals surface area contributed by atoms with Crippen LogP contribution in [-0.4, -0.2) is 10.5 Å². The van der Waals surface area contributed by atoms with Crippen molar-refractivity contribution in [3.05, 3.63) is 97.4 Å². The first-order valence-electron chi connectivity index (χ1n) is 8.36. The van der Waals surface area contributed by atoms with Gasteiger partial charge in [-0.05, 0) is 55.0 Å². The maximum absolute atomic E-state index is 12.9. The van der Waals surface area contributed by atoms with Crippen LogP contribution in [0.4, 0.5) is 0 Å². The Bertz CT molecular complexity index is 1160. The summed E-state index contributed by atoms with van der Waals surface area (Å²) in [6.45, 7) is 1.96. The van der Waals surface area contributed by atoms with E-state index in [9.17, 15) is 9.59 Å². The van der Waals surface area contributed by atoms with Crippen LogP contribution in [0.15, 0.2) is 59.4 Å². The predicted octanol–water partition coefficient (Wildman–Crippen LogP) is 4.25. The Morgan fingerprint density at radius 2 is 1.89 bits per heavy atom. The zero-order chi connectivity index (χ0) is 20.3. The number of nitrogens with zero attached hydrogens (tertiary/aromatic N) is 2. The number of hydrogen-bond acceptors (Lipinski definition) is 3. The molecule has 0 saturated heterocycles. The quantitative estimate of drug-likeness (QED) is 0.696. The molecule has 140 valence electrons. The average Bonchev–Trinajstić information content (AvgIpc) is 2.69. The first-order chi connectivity index (χ1) is 13.4. The Morgan fingerprint density at radius 1 is 1.11 bits per heavy atom. The number of amides is 1. The molecule has 28 heavy (non-hydrogen) atoms. The fourth-order valence-corrected chi connectivity index (χ4v) is 3.09. The van der Waals surface area contributed by atoms with E-state index >= 15 is 0 Å². The second-order valence-corrected chi connectivity index (χ2v) is 6.94. The van der Waals surface area contributed by atoms with Gasteiger partial charge in [0, 0.05) is 12.2 Å². The normalized spacial score (nSPS) is 10.4. The number of nitriles is 1. The van der Waals surface area contributed by atoms with Gasteiger partial charge in [-0.25, -0.2) is 0 Å². The Balaban J connectivity index is 1.90. The van der Waals surface area contributed by atoms with Gasteiger partial charge in [-0.3, -0.25) is 14.2 Å². The van der Waals surface area contributed by atoms with Gasteiger partial charge in [0.25, 0.3) is 11.5 Å². The van der Waals surface area contributed by atoms with Gasteiger partial charge in [0.1, 0.15) is 5.56 Å². The molecule has 2 aromatic carbocycles. The van der Waals surface area contributed by atoms with Gasteiger partial charge < -0.3 is 5.32 Å². The van der Waals surface area contributed by atoms with Crippen molar-refractivity contribution >= 4 is 29.1 Å². The lowest BCUT2D eigenvalue weighted by molar-refractivity contribution is 0.0949. The second kappa shape index (κ2) is 8.30. The summed E-state index contributed by atoms with van der Waals surface area (Å²) in [7, 11) is 0. The number of hydrogen-bond donors (Lipinski definition) is 1. The third-order valence-electron chi connectivity index (χ3n) is 4.19. The van der Waals surface area contributed by atoms with Crippen molar-refractivity contribution in [1.82, 2.24) is 9.88 Å². The summed E-state index contributed by atoms with van der Waals surface area (Å²) >= 11 is 11.9. The Labute approximate surface area is 171 Å². The Morgan fingerprint density at radius 3 is 2.61 bits per heavy atom. The molecule has 1 aromatic heterocycles. The smallest absolute Gasteiger partial charge is 0.268 e. The van der Waals surface area contributed by atoms with Crippen molar-refractivity contribution < 1.29 is 4.79 Å². The average molecular weight is 412 g/mol. The van der Waals surface area contributed by atoms with E-state index in [1.807, 2.05) is 6.07 Å². The highest BCUT2D eigenvalue weighted by Crippen LogP contribution is 2.22. The molecule has 1 heterocycles. The summed E-state index contributed by atoms with van der Waals surface area (Å²) in [6, 6.07) is 16.9. The molecule has 0 bridgehead atoms. The lowest BCUT2D eigenvalue weighted by Gasteiger charge is -2.12. The van der Waals surface area contributed by atoms with Gasteiger partial charge in [-0.15, -0.1) is 0 Å². The molecular formula is C21H15Cl2N3O2. The standard InChI is InChI=1S/C21H15Cl2N3O2/c1-13-5-7-17(20(27)25-12-15-6-8-18(22)19(23)10-15)21(28)26(13)16-4-2-3-14(9-16)11-24/h2-10H,12H2,1H3,(H,25,27). The van der Waals surface area contributed by atoms with Crippen LogP contribution in [0.1, 0.15) is 27.2 Å². The molecule has 3 aromatic rings. The number of rotatable bonds is 4. The van der Waals surface area contributed by atoms with E-state index < -0.39 is 11.5 Å². The van der Waals surface area contributed by atoms with Crippen LogP contribution in [-0.2, 0) is 6.54 Å². The number of aromatic nitrogens is 1. The molecule has 0 unspecified atom stereocenters. The van der Waals surface area contributed by atoms with Gasteiger partial charge in [0.2, 0.25) is 0 Å². The number of benzene rings is 2. The number of carbonyl (C=O) groups excluding carboxylic acids is 1. The SMILES string of the molecule is Cc1ccc(C(=O)NCc2ccc(Cl)c(Cl)c2)c(=O)n1-c1cccc(C#N)c1. The molecule has 0 spiro atoms. The van der Waals surface area contributed by atoms with Gasteiger partial charge in [0.15, 0.2) is 0 Å². The number of aryl methyl sites for hydroxylation is 1. The summed E-state index contributed by atoms with van der Waals surface area (Å²) in [4.78, 5) is 25.5. The molecule has 1 N–H and O–H groups in total. The van der Waals surface area contributed by atoms with Crippen molar-refractivity contribution in [2.75, 3.05) is 0 Å². The second-order valence-electron chi connectivity index (χ2n) is 6.12. The van der Waals surface area contributed by atoms with Crippen LogP contribution >= 0.6 is 23.2 Å². The minimum atomic E-state index is -0.499. The van der Waals surface area contributed by atoms with Crippen LogP contribution in [0, 0.1) is 18.3 Å². The van der Waals surface area contributed by atoms with Gasteiger partial charge in [0.05, 0.1) is 27.4 Å². The number of pyridine rings is 1. The lowest BCUT2D eigenvalue weighted by Crippen LogP contribution is -2.33. The first kappa shape index (κ1) is 19.7. The van der Waals surface area contributed by atoms with Crippen molar-refractivity contribution in [2.45, 2.75) is 13.5 Å². The highest BCUT2D eigenvalue weighted by atomic mass is 35.5. The number of carbonyl (C=O) groups is 1. The van der Waals surface area contributed by atoms with Crippen LogP contribution in [0.5, 0.6) is 0 Å². The molecular weight excluding hydrogens is 397 g/mol. The summed E-state index contributed by atoms with van der Waals surface area (Å²) in [5.41, 5.74) is 1.92. The molecule has 0 radical (unpaired) electrons. The highest BCUT2D eigenvalue weighted by Gasteiger charge is 2.15. The molecule has 1 amide bonds. The molecule has 0 saturated carbocycles. The van der Waals surface area contributed by atoms with Crippen molar-refractivity contribution in [3.63, 3.8) is 0 Å². The van der Waals surface area contributed by atoms with Crippen molar-refractivity contribution in [3.8, 4) is 11.8 Å². The van der Waals surface area contributed by atoms with E-state index in [0.29, 0.717) is 27.0 Å². The first-order valence-corrected chi connectivity index (χ1v) is 9.11. The molecule has 0 aliphatic carbocycles. The van der Waals surface area contributed by atoms with Crippen molar-refractivity contribution in [1.29, 1.82) is 5.26 Å². The fraction of sp³-hybridized carbons (Fsp3) is 0.0952. The summed E-state index contributed by atoms with van der Waals surface area (Å²) in [5.74, 6) is -0.499. The molecule has 5 nitrogen and oxygen atoms in total. The minimum Gasteiger partial charge on any atom is -0.348 e. The molecule has 0 fully saturated rings. The Kier molecular flexibility index (Phi) is 5.84. The largest absolute Gasteiger partial charge is 0.348 e. The zero-order valence-corrected chi connectivity index (χ0v) is 16.4. The van der Waals surface area contributed by atoms with E-state index in [1.54, 1.807) is 55.5 Å². The predicted molar refractivity (Wildman–Crippen MR) is 109 cm³/mol. The summed E-state index contributed by atoms with van der Waals surface area (Å²) in [5, 5.41) is 12.6. The number of nitrogens with one attached hydrogen (secondary N) is 1. The molecule has 0 aliphatic rings. The van der Waals surface area contributed by atoms with Gasteiger partial charge in [-0.1, -0.05) is 35.3 Å². The molecule has 3 rings (SSSR count). The monoisotopic (exact) mass is 411 g/mol. The van der Waals surface area contributed by atoms with Crippen molar-refractivity contribution in [2.24, 2.45) is 0 Å². The lowest BCUT2D eigenvalue weighted by atomic mass is 10.1. The topological polar surface area (TPSA) is 74.9 Å². The molecule has 0 atom stereocenters. The third-order valence-corrected chi connectivity index (χ3v) is 4.93. The Hall–Kier alpha value is -3.07. The summed E-state index contributed by atoms with van der Waals surface area (Å²) < 4.78 is 1.41.